The first-order valence-corrected chi connectivity index (χ1v) is 8.44. The first kappa shape index (κ1) is 18.4. The second-order valence-electron chi connectivity index (χ2n) is 5.96. The van der Waals surface area contributed by atoms with E-state index in [9.17, 15) is 18.0 Å². The van der Waals surface area contributed by atoms with E-state index in [-0.39, 0.29) is 5.69 Å². The summed E-state index contributed by atoms with van der Waals surface area (Å²) < 4.78 is 38.3. The highest BCUT2D eigenvalue weighted by molar-refractivity contribution is 6.30. The quantitative estimate of drug-likeness (QED) is 0.815. The third kappa shape index (κ3) is 4.40. The van der Waals surface area contributed by atoms with Crippen molar-refractivity contribution < 1.29 is 18.0 Å². The topological polar surface area (TPSA) is 35.6 Å². The molecule has 4 nitrogen and oxygen atoms in total. The fraction of sp³-hybridized carbons (Fsp3) is 0.278. The molecule has 2 amide bonds. The minimum atomic E-state index is -4.44. The molecule has 2 aromatic carbocycles. The van der Waals surface area contributed by atoms with E-state index in [0.717, 1.165) is 17.8 Å². The van der Waals surface area contributed by atoms with Crippen molar-refractivity contribution in [2.24, 2.45) is 0 Å². The molecule has 0 unspecified atom stereocenters. The van der Waals surface area contributed by atoms with Crippen molar-refractivity contribution in [1.29, 1.82) is 0 Å². The number of nitrogens with one attached hydrogen (secondary N) is 1. The van der Waals surface area contributed by atoms with E-state index in [2.05, 4.69) is 10.2 Å². The van der Waals surface area contributed by atoms with Gasteiger partial charge in [0.1, 0.15) is 0 Å². The van der Waals surface area contributed by atoms with Crippen LogP contribution in [0.4, 0.5) is 29.3 Å². The van der Waals surface area contributed by atoms with Gasteiger partial charge in [0.15, 0.2) is 0 Å². The van der Waals surface area contributed by atoms with Crippen molar-refractivity contribution in [3.05, 3.63) is 59.1 Å². The normalized spacial score (nSPS) is 15.1. The van der Waals surface area contributed by atoms with Crippen molar-refractivity contribution in [1.82, 2.24) is 4.90 Å². The van der Waals surface area contributed by atoms with Gasteiger partial charge in [0.2, 0.25) is 0 Å². The zero-order valence-corrected chi connectivity index (χ0v) is 14.5. The largest absolute Gasteiger partial charge is 0.416 e. The van der Waals surface area contributed by atoms with E-state index in [1.165, 1.54) is 12.1 Å². The molecular weight excluding hydrogens is 367 g/mol. The minimum Gasteiger partial charge on any atom is -0.368 e. The van der Waals surface area contributed by atoms with Gasteiger partial charge in [-0.3, -0.25) is 0 Å². The molecule has 8 heteroatoms. The molecule has 1 N–H and O–H groups in total. The van der Waals surface area contributed by atoms with Crippen LogP contribution in [-0.2, 0) is 6.18 Å². The molecule has 0 radical (unpaired) electrons. The van der Waals surface area contributed by atoms with Gasteiger partial charge in [-0.1, -0.05) is 23.7 Å². The Morgan fingerprint density at radius 2 is 1.69 bits per heavy atom. The number of anilines is 2. The van der Waals surface area contributed by atoms with Crippen LogP contribution in [0.2, 0.25) is 5.02 Å². The third-order valence-corrected chi connectivity index (χ3v) is 4.42. The highest BCUT2D eigenvalue weighted by Crippen LogP contribution is 2.30. The summed E-state index contributed by atoms with van der Waals surface area (Å²) in [5.74, 6) is 0. The molecule has 2 aromatic rings. The molecule has 0 aromatic heterocycles. The second kappa shape index (κ2) is 7.45. The molecule has 0 atom stereocenters. The minimum absolute atomic E-state index is 0.127. The molecule has 1 aliphatic heterocycles. The van der Waals surface area contributed by atoms with Crippen LogP contribution in [-0.4, -0.2) is 37.1 Å². The van der Waals surface area contributed by atoms with Crippen molar-refractivity contribution >= 4 is 29.0 Å². The summed E-state index contributed by atoms with van der Waals surface area (Å²) in [7, 11) is 0. The Balaban J connectivity index is 1.59. The lowest BCUT2D eigenvalue weighted by atomic mass is 10.2. The predicted octanol–water partition coefficient (Wildman–Crippen LogP) is 4.71. The molecule has 3 rings (SSSR count). The Hall–Kier alpha value is -2.41. The van der Waals surface area contributed by atoms with Crippen LogP contribution in [0.15, 0.2) is 48.5 Å². The maximum absolute atomic E-state index is 12.8. The summed E-state index contributed by atoms with van der Waals surface area (Å²) in [5, 5.41) is 3.18. The SMILES string of the molecule is O=C(Nc1cccc(C(F)(F)F)c1)N1CCN(c2cccc(Cl)c2)CC1. The number of amides is 2. The molecule has 1 saturated heterocycles. The van der Waals surface area contributed by atoms with E-state index >= 15 is 0 Å². The van der Waals surface area contributed by atoms with Crippen LogP contribution in [0.25, 0.3) is 0 Å². The van der Waals surface area contributed by atoms with Crippen molar-refractivity contribution in [2.45, 2.75) is 6.18 Å². The van der Waals surface area contributed by atoms with Gasteiger partial charge in [0.25, 0.3) is 0 Å². The smallest absolute Gasteiger partial charge is 0.368 e. The number of halogens is 4. The van der Waals surface area contributed by atoms with Crippen LogP contribution in [0.5, 0.6) is 0 Å². The van der Waals surface area contributed by atoms with Gasteiger partial charge in [-0.2, -0.15) is 13.2 Å². The van der Waals surface area contributed by atoms with Crippen molar-refractivity contribution in [3.8, 4) is 0 Å². The number of carbonyl (C=O) groups excluding carboxylic acids is 1. The van der Waals surface area contributed by atoms with E-state index in [1.807, 2.05) is 18.2 Å². The van der Waals surface area contributed by atoms with Crippen molar-refractivity contribution in [3.63, 3.8) is 0 Å². The average molecular weight is 384 g/mol. The van der Waals surface area contributed by atoms with Gasteiger partial charge < -0.3 is 15.1 Å². The summed E-state index contributed by atoms with van der Waals surface area (Å²) in [6, 6.07) is 11.7. The Morgan fingerprint density at radius 3 is 2.35 bits per heavy atom. The highest BCUT2D eigenvalue weighted by Gasteiger charge is 2.30. The lowest BCUT2D eigenvalue weighted by molar-refractivity contribution is -0.137. The molecular formula is C18H17ClF3N3O. The first-order valence-electron chi connectivity index (χ1n) is 8.06. The standard InChI is InChI=1S/C18H17ClF3N3O/c19-14-4-2-6-16(12-14)24-7-9-25(10-8-24)17(26)23-15-5-1-3-13(11-15)18(20,21)22/h1-6,11-12H,7-10H2,(H,23,26). The third-order valence-electron chi connectivity index (χ3n) is 4.18. The van der Waals surface area contributed by atoms with Crippen LogP contribution < -0.4 is 10.2 Å². The molecule has 26 heavy (non-hydrogen) atoms. The maximum Gasteiger partial charge on any atom is 0.416 e. The van der Waals surface area contributed by atoms with E-state index < -0.39 is 17.8 Å². The number of hydrogen-bond acceptors (Lipinski definition) is 2. The van der Waals surface area contributed by atoms with Gasteiger partial charge in [-0.25, -0.2) is 4.79 Å². The number of benzene rings is 2. The van der Waals surface area contributed by atoms with Gasteiger partial charge in [0, 0.05) is 42.6 Å². The van der Waals surface area contributed by atoms with Gasteiger partial charge in [0.05, 0.1) is 5.56 Å². The number of piperazine rings is 1. The summed E-state index contributed by atoms with van der Waals surface area (Å²) in [5.41, 5.74) is 0.318. The highest BCUT2D eigenvalue weighted by atomic mass is 35.5. The van der Waals surface area contributed by atoms with E-state index in [4.69, 9.17) is 11.6 Å². The molecule has 0 saturated carbocycles. The molecule has 1 aliphatic rings. The number of nitrogens with zero attached hydrogens (tertiary/aromatic N) is 2. The lowest BCUT2D eigenvalue weighted by Gasteiger charge is -2.36. The summed E-state index contributed by atoms with van der Waals surface area (Å²) in [6.07, 6.45) is -4.44. The number of urea groups is 1. The Kier molecular flexibility index (Phi) is 5.27. The molecule has 1 fully saturated rings. The Bertz CT molecular complexity index is 789. The number of rotatable bonds is 2. The molecule has 1 heterocycles. The molecule has 138 valence electrons. The van der Waals surface area contributed by atoms with E-state index in [1.54, 1.807) is 11.0 Å². The first-order chi connectivity index (χ1) is 12.3. The fourth-order valence-corrected chi connectivity index (χ4v) is 3.00. The predicted molar refractivity (Wildman–Crippen MR) is 95.7 cm³/mol. The van der Waals surface area contributed by atoms with Crippen LogP contribution in [0.1, 0.15) is 5.56 Å². The van der Waals surface area contributed by atoms with E-state index in [0.29, 0.717) is 31.2 Å². The van der Waals surface area contributed by atoms with Gasteiger partial charge in [-0.15, -0.1) is 0 Å². The number of carbonyl (C=O) groups is 1. The summed E-state index contributed by atoms with van der Waals surface area (Å²) in [6.45, 7) is 2.18. The van der Waals surface area contributed by atoms with Gasteiger partial charge in [-0.05, 0) is 36.4 Å². The Labute approximate surface area is 154 Å². The average Bonchev–Trinajstić information content (AvgIpc) is 2.61. The summed E-state index contributed by atoms with van der Waals surface area (Å²) in [4.78, 5) is 16.0. The van der Waals surface area contributed by atoms with Gasteiger partial charge >= 0.3 is 12.2 Å². The number of hydrogen-bond donors (Lipinski definition) is 1. The van der Waals surface area contributed by atoms with Crippen molar-refractivity contribution in [2.75, 3.05) is 36.4 Å². The van der Waals surface area contributed by atoms with Crippen LogP contribution >= 0.6 is 11.6 Å². The maximum atomic E-state index is 12.8. The molecule has 0 bridgehead atoms. The molecule has 0 spiro atoms. The van der Waals surface area contributed by atoms with Crippen LogP contribution in [0, 0.1) is 0 Å². The second-order valence-corrected chi connectivity index (χ2v) is 6.40. The number of alkyl halides is 3. The fourth-order valence-electron chi connectivity index (χ4n) is 2.82. The lowest BCUT2D eigenvalue weighted by Crippen LogP contribution is -2.50. The zero-order valence-electron chi connectivity index (χ0n) is 13.8. The zero-order chi connectivity index (χ0) is 18.7. The molecule has 0 aliphatic carbocycles. The Morgan fingerprint density at radius 1 is 1.00 bits per heavy atom. The summed E-state index contributed by atoms with van der Waals surface area (Å²) >= 11 is 6.00. The monoisotopic (exact) mass is 383 g/mol. The van der Waals surface area contributed by atoms with Crippen LogP contribution in [0.3, 0.4) is 0 Å².